The van der Waals surface area contributed by atoms with Crippen molar-refractivity contribution < 1.29 is 4.42 Å². The van der Waals surface area contributed by atoms with Gasteiger partial charge in [-0.1, -0.05) is 36.4 Å². The van der Waals surface area contributed by atoms with E-state index in [0.29, 0.717) is 0 Å². The van der Waals surface area contributed by atoms with Crippen molar-refractivity contribution in [2.24, 2.45) is 0 Å². The summed E-state index contributed by atoms with van der Waals surface area (Å²) >= 11 is 0. The molecule has 0 atom stereocenters. The molecule has 17 heavy (non-hydrogen) atoms. The highest BCUT2D eigenvalue weighted by molar-refractivity contribution is 6.09. The quantitative estimate of drug-likeness (QED) is 0.421. The Morgan fingerprint density at radius 2 is 1.65 bits per heavy atom. The van der Waals surface area contributed by atoms with Crippen molar-refractivity contribution in [2.75, 3.05) is 0 Å². The number of hydrogen-bond donors (Lipinski definition) is 0. The Morgan fingerprint density at radius 1 is 0.824 bits per heavy atom. The van der Waals surface area contributed by atoms with Crippen LogP contribution in [0.3, 0.4) is 0 Å². The van der Waals surface area contributed by atoms with Crippen LogP contribution in [0.1, 0.15) is 0 Å². The van der Waals surface area contributed by atoms with Crippen molar-refractivity contribution in [2.45, 2.75) is 0 Å². The van der Waals surface area contributed by atoms with Gasteiger partial charge in [-0.05, 0) is 35.0 Å². The summed E-state index contributed by atoms with van der Waals surface area (Å²) in [5.41, 5.74) is 1.83. The third-order valence-corrected chi connectivity index (χ3v) is 3.16. The highest BCUT2D eigenvalue weighted by atomic mass is 16.3. The summed E-state index contributed by atoms with van der Waals surface area (Å²) in [5, 5.41) is 4.64. The highest BCUT2D eigenvalue weighted by Crippen LogP contribution is 2.31. The largest absolute Gasteiger partial charge is 0.456 e. The molecular weight excluding hydrogens is 208 g/mol. The van der Waals surface area contributed by atoms with Crippen molar-refractivity contribution >= 4 is 32.7 Å². The molecule has 1 aromatic heterocycles. The van der Waals surface area contributed by atoms with Gasteiger partial charge in [0.05, 0.1) is 0 Å². The number of rotatable bonds is 0. The summed E-state index contributed by atoms with van der Waals surface area (Å²) in [5.74, 6) is 0. The maximum Gasteiger partial charge on any atom is 0.136 e. The van der Waals surface area contributed by atoms with Gasteiger partial charge in [-0.2, -0.15) is 0 Å². The van der Waals surface area contributed by atoms with Gasteiger partial charge in [0.2, 0.25) is 0 Å². The highest BCUT2D eigenvalue weighted by Gasteiger charge is 2.07. The Bertz CT molecular complexity index is 834. The minimum atomic E-state index is 0.901. The normalized spacial score (nSPS) is 11.5. The fourth-order valence-electron chi connectivity index (χ4n) is 2.33. The summed E-state index contributed by atoms with van der Waals surface area (Å²) in [7, 11) is 0. The van der Waals surface area contributed by atoms with E-state index in [2.05, 4.69) is 36.4 Å². The average Bonchev–Trinajstić information content (AvgIpc) is 2.73. The summed E-state index contributed by atoms with van der Waals surface area (Å²) in [4.78, 5) is 0. The average molecular weight is 217 g/mol. The number of hydrogen-bond acceptors (Lipinski definition) is 1. The molecule has 0 amide bonds. The van der Waals surface area contributed by atoms with Crippen LogP contribution in [-0.4, -0.2) is 0 Å². The van der Waals surface area contributed by atoms with Crippen molar-refractivity contribution in [3.63, 3.8) is 0 Å². The molecule has 0 bridgehead atoms. The van der Waals surface area contributed by atoms with Crippen LogP contribution < -0.4 is 0 Å². The van der Waals surface area contributed by atoms with Crippen LogP contribution in [-0.2, 0) is 0 Å². The lowest BCUT2D eigenvalue weighted by molar-refractivity contribution is 0.669. The standard InChI is InChI=1S/C16H9O/c1-2-6-12-10-16-14(9-11(12)5-1)13-7-3-4-8-15(13)17-16/h1-6,8-10H. The Labute approximate surface area is 98.3 Å². The van der Waals surface area contributed by atoms with Gasteiger partial charge >= 0.3 is 0 Å². The van der Waals surface area contributed by atoms with Gasteiger partial charge in [0, 0.05) is 10.8 Å². The molecule has 0 aliphatic carbocycles. The summed E-state index contributed by atoms with van der Waals surface area (Å²) < 4.78 is 5.83. The first-order valence-corrected chi connectivity index (χ1v) is 5.63. The summed E-state index contributed by atoms with van der Waals surface area (Å²) in [6, 6.07) is 21.7. The second kappa shape index (κ2) is 3.11. The molecular formula is C16H9O. The maximum absolute atomic E-state index is 5.83. The van der Waals surface area contributed by atoms with Crippen molar-refractivity contribution in [1.29, 1.82) is 0 Å². The maximum atomic E-state index is 5.83. The lowest BCUT2D eigenvalue weighted by Gasteiger charge is -1.96. The molecule has 0 fully saturated rings. The van der Waals surface area contributed by atoms with Crippen LogP contribution in [0.2, 0.25) is 0 Å². The van der Waals surface area contributed by atoms with E-state index in [9.17, 15) is 0 Å². The van der Waals surface area contributed by atoms with Gasteiger partial charge in [0.1, 0.15) is 11.2 Å². The topological polar surface area (TPSA) is 13.1 Å². The third kappa shape index (κ3) is 1.19. The van der Waals surface area contributed by atoms with Crippen LogP contribution in [0, 0.1) is 6.07 Å². The van der Waals surface area contributed by atoms with Crippen LogP contribution >= 0.6 is 0 Å². The predicted octanol–water partition coefficient (Wildman–Crippen LogP) is 4.54. The molecule has 0 N–H and O–H groups in total. The van der Waals surface area contributed by atoms with E-state index in [-0.39, 0.29) is 0 Å². The lowest BCUT2D eigenvalue weighted by Crippen LogP contribution is -1.71. The van der Waals surface area contributed by atoms with Crippen molar-refractivity contribution in [3.8, 4) is 0 Å². The molecule has 0 spiro atoms. The Hall–Kier alpha value is -2.28. The van der Waals surface area contributed by atoms with Crippen LogP contribution in [0.4, 0.5) is 0 Å². The molecule has 0 saturated carbocycles. The van der Waals surface area contributed by atoms with E-state index >= 15 is 0 Å². The molecule has 1 heteroatoms. The Morgan fingerprint density at radius 3 is 2.53 bits per heavy atom. The molecule has 0 unspecified atom stereocenters. The minimum absolute atomic E-state index is 0.901. The summed E-state index contributed by atoms with van der Waals surface area (Å²) in [6.45, 7) is 0. The molecule has 1 radical (unpaired) electrons. The van der Waals surface area contributed by atoms with Gasteiger partial charge in [-0.3, -0.25) is 0 Å². The van der Waals surface area contributed by atoms with Gasteiger partial charge in [-0.15, -0.1) is 0 Å². The number of benzene rings is 3. The van der Waals surface area contributed by atoms with Gasteiger partial charge in [-0.25, -0.2) is 0 Å². The first-order valence-electron chi connectivity index (χ1n) is 5.63. The fourth-order valence-corrected chi connectivity index (χ4v) is 2.33. The molecule has 4 aromatic rings. The zero-order chi connectivity index (χ0) is 11.2. The zero-order valence-electron chi connectivity index (χ0n) is 9.10. The SMILES string of the molecule is [c]1cccc2oc3cc4ccccc4cc3c12. The Balaban J connectivity index is 2.28. The van der Waals surface area contributed by atoms with Gasteiger partial charge in [0.15, 0.2) is 0 Å². The molecule has 1 nitrogen and oxygen atoms in total. The number of fused-ring (bicyclic) bond motifs is 4. The van der Waals surface area contributed by atoms with E-state index in [4.69, 9.17) is 4.42 Å². The van der Waals surface area contributed by atoms with Crippen LogP contribution in [0.15, 0.2) is 59.0 Å². The molecule has 0 saturated heterocycles. The van der Waals surface area contributed by atoms with E-state index < -0.39 is 0 Å². The third-order valence-electron chi connectivity index (χ3n) is 3.16. The predicted molar refractivity (Wildman–Crippen MR) is 70.1 cm³/mol. The molecule has 3 aromatic carbocycles. The second-order valence-corrected chi connectivity index (χ2v) is 4.21. The van der Waals surface area contributed by atoms with E-state index in [1.807, 2.05) is 24.3 Å². The van der Waals surface area contributed by atoms with Crippen LogP contribution in [0.25, 0.3) is 32.7 Å². The molecule has 1 heterocycles. The fraction of sp³-hybridized carbons (Fsp3) is 0. The van der Waals surface area contributed by atoms with Gasteiger partial charge in [0.25, 0.3) is 0 Å². The first kappa shape index (κ1) is 8.82. The van der Waals surface area contributed by atoms with Gasteiger partial charge < -0.3 is 4.42 Å². The zero-order valence-corrected chi connectivity index (χ0v) is 9.10. The molecule has 4 rings (SSSR count). The van der Waals surface area contributed by atoms with E-state index in [1.54, 1.807) is 0 Å². The van der Waals surface area contributed by atoms with Crippen LogP contribution in [0.5, 0.6) is 0 Å². The molecule has 0 aliphatic heterocycles. The first-order chi connectivity index (χ1) is 8.42. The Kier molecular flexibility index (Phi) is 1.61. The molecule has 0 aliphatic rings. The summed E-state index contributed by atoms with van der Waals surface area (Å²) in [6.07, 6.45) is 0. The minimum Gasteiger partial charge on any atom is -0.456 e. The lowest BCUT2D eigenvalue weighted by atomic mass is 10.1. The number of furan rings is 1. The monoisotopic (exact) mass is 217 g/mol. The smallest absolute Gasteiger partial charge is 0.136 e. The van der Waals surface area contributed by atoms with E-state index in [0.717, 1.165) is 21.9 Å². The van der Waals surface area contributed by atoms with Crippen molar-refractivity contribution in [1.82, 2.24) is 0 Å². The second-order valence-electron chi connectivity index (χ2n) is 4.21. The van der Waals surface area contributed by atoms with E-state index in [1.165, 1.54) is 10.8 Å². The van der Waals surface area contributed by atoms with Crippen molar-refractivity contribution in [3.05, 3.63) is 60.7 Å². The molecule has 79 valence electrons.